The number of aromatic amines is 1. The van der Waals surface area contributed by atoms with Crippen molar-refractivity contribution in [1.29, 1.82) is 0 Å². The van der Waals surface area contributed by atoms with Gasteiger partial charge < -0.3 is 50.4 Å². The Morgan fingerprint density at radius 2 is 1.77 bits per heavy atom. The molecule has 8 N–H and O–H groups in total. The number of aliphatic hydroxyl groups excluding tert-OH is 3. The van der Waals surface area contributed by atoms with Gasteiger partial charge in [0.2, 0.25) is 5.75 Å². The zero-order valence-corrected chi connectivity index (χ0v) is 34.7. The minimum Gasteiger partial charge on any atom is -0.508 e. The Morgan fingerprint density at radius 1 is 0.917 bits per heavy atom. The number of hydrogen-bond acceptors (Lipinski definition) is 9. The standard InChI is InChI=1S/C50H62N2O8/c1-59-50-38(20-29-17-19-51-26-29)47(39(27-53)48(57)49(50)58)45-25-43(56)34-13-10-31(24-44(34)60-45)30-12-16-42(55)37(21-30)46-35(41(54)15-9-28-6-3-2-4-7-28)14-11-32-23-40-33(22-36(32)46)8-5-18-52-40/h2-4,6-7,12,16-17,19,21-22,26,31-32,34-36,40-41,43-46,51-58H,5,8-11,13-15,18,20,23-25,27H2,1H3. The number of benzene rings is 3. The van der Waals surface area contributed by atoms with E-state index < -0.39 is 36.4 Å². The highest BCUT2D eigenvalue weighted by atomic mass is 16.5. The van der Waals surface area contributed by atoms with Crippen molar-refractivity contribution in [1.82, 2.24) is 10.3 Å². The van der Waals surface area contributed by atoms with E-state index in [0.717, 1.165) is 74.6 Å². The van der Waals surface area contributed by atoms with Gasteiger partial charge in [0.15, 0.2) is 11.5 Å². The molecule has 2 saturated heterocycles. The van der Waals surface area contributed by atoms with E-state index >= 15 is 0 Å². The summed E-state index contributed by atoms with van der Waals surface area (Å²) in [4.78, 5) is 3.07. The maximum Gasteiger partial charge on any atom is 0.201 e. The highest BCUT2D eigenvalue weighted by molar-refractivity contribution is 5.64. The fourth-order valence-electron chi connectivity index (χ4n) is 12.2. The summed E-state index contributed by atoms with van der Waals surface area (Å²) in [5, 5.41) is 72.1. The van der Waals surface area contributed by atoms with E-state index in [2.05, 4.69) is 46.7 Å². The average molecular weight is 819 g/mol. The molecule has 0 bridgehead atoms. The van der Waals surface area contributed by atoms with Crippen molar-refractivity contribution in [3.05, 3.63) is 118 Å². The number of allylic oxidation sites excluding steroid dienone is 1. The van der Waals surface area contributed by atoms with Crippen molar-refractivity contribution in [2.75, 3.05) is 13.7 Å². The summed E-state index contributed by atoms with van der Waals surface area (Å²) >= 11 is 0. The van der Waals surface area contributed by atoms with Crippen molar-refractivity contribution in [2.45, 2.75) is 126 Å². The molecule has 320 valence electrons. The predicted octanol–water partition coefficient (Wildman–Crippen LogP) is 7.80. The van der Waals surface area contributed by atoms with Crippen LogP contribution in [0.4, 0.5) is 0 Å². The van der Waals surface area contributed by atoms with Gasteiger partial charge in [0.05, 0.1) is 38.1 Å². The second-order valence-electron chi connectivity index (χ2n) is 18.4. The Kier molecular flexibility index (Phi) is 12.0. The number of phenols is 3. The van der Waals surface area contributed by atoms with Crippen LogP contribution in [-0.4, -0.2) is 73.6 Å². The zero-order chi connectivity index (χ0) is 41.5. The second-order valence-corrected chi connectivity index (χ2v) is 18.4. The third-order valence-corrected chi connectivity index (χ3v) is 15.2. The van der Waals surface area contributed by atoms with Crippen LogP contribution in [0.25, 0.3) is 0 Å². The van der Waals surface area contributed by atoms with E-state index in [4.69, 9.17) is 9.47 Å². The summed E-state index contributed by atoms with van der Waals surface area (Å²) in [6, 6.07) is 18.9. The molecule has 9 rings (SSSR count). The molecule has 11 atom stereocenters. The lowest BCUT2D eigenvalue weighted by molar-refractivity contribution is -0.154. The van der Waals surface area contributed by atoms with Gasteiger partial charge in [0, 0.05) is 48.3 Å². The van der Waals surface area contributed by atoms with Crippen molar-refractivity contribution in [3.63, 3.8) is 0 Å². The first-order valence-electron chi connectivity index (χ1n) is 22.4. The first-order chi connectivity index (χ1) is 29.2. The van der Waals surface area contributed by atoms with Crippen molar-refractivity contribution in [2.24, 2.45) is 23.7 Å². The van der Waals surface area contributed by atoms with Crippen LogP contribution in [0.15, 0.2) is 78.6 Å². The minimum atomic E-state index is -0.673. The van der Waals surface area contributed by atoms with Gasteiger partial charge in [-0.2, -0.15) is 0 Å². The van der Waals surface area contributed by atoms with Gasteiger partial charge in [-0.25, -0.2) is 0 Å². The summed E-state index contributed by atoms with van der Waals surface area (Å²) in [6.07, 6.45) is 13.7. The van der Waals surface area contributed by atoms with Gasteiger partial charge >= 0.3 is 0 Å². The molecule has 0 radical (unpaired) electrons. The largest absolute Gasteiger partial charge is 0.508 e. The van der Waals surface area contributed by atoms with Gasteiger partial charge in [-0.15, -0.1) is 0 Å². The van der Waals surface area contributed by atoms with Gasteiger partial charge in [0.25, 0.3) is 0 Å². The molecular formula is C50H62N2O8. The smallest absolute Gasteiger partial charge is 0.201 e. The number of aliphatic hydroxyl groups is 3. The molecule has 3 aliphatic carbocycles. The quantitative estimate of drug-likeness (QED) is 0.0557. The third-order valence-electron chi connectivity index (χ3n) is 15.2. The molecule has 10 nitrogen and oxygen atoms in total. The topological polar surface area (TPSA) is 168 Å². The van der Waals surface area contributed by atoms with Crippen molar-refractivity contribution in [3.8, 4) is 23.0 Å². The number of H-pyrrole nitrogens is 1. The number of fused-ring (bicyclic) bond motifs is 3. The van der Waals surface area contributed by atoms with Crippen LogP contribution >= 0.6 is 0 Å². The van der Waals surface area contributed by atoms with Gasteiger partial charge in [0.1, 0.15) is 5.75 Å². The number of aryl methyl sites for hydroxylation is 1. The zero-order valence-electron chi connectivity index (χ0n) is 34.7. The number of methoxy groups -OCH3 is 1. The molecular weight excluding hydrogens is 757 g/mol. The van der Waals surface area contributed by atoms with E-state index in [0.29, 0.717) is 42.3 Å². The second kappa shape index (κ2) is 17.6. The average Bonchev–Trinajstić information content (AvgIpc) is 3.79. The van der Waals surface area contributed by atoms with Crippen molar-refractivity contribution < 1.29 is 40.1 Å². The number of hydrogen-bond donors (Lipinski definition) is 8. The maximum atomic E-state index is 12.1. The number of rotatable bonds is 11. The molecule has 0 amide bonds. The van der Waals surface area contributed by atoms with E-state index in [-0.39, 0.29) is 59.2 Å². The lowest BCUT2D eigenvalue weighted by atomic mass is 9.58. The van der Waals surface area contributed by atoms with Crippen LogP contribution < -0.4 is 10.1 Å². The first-order valence-corrected chi connectivity index (χ1v) is 22.4. The Morgan fingerprint density at radius 3 is 2.55 bits per heavy atom. The van der Waals surface area contributed by atoms with E-state index in [1.54, 1.807) is 0 Å². The molecule has 0 spiro atoms. The molecule has 3 heterocycles. The number of nitrogens with one attached hydrogen (secondary N) is 2. The lowest BCUT2D eigenvalue weighted by Crippen LogP contribution is -2.46. The highest BCUT2D eigenvalue weighted by Crippen LogP contribution is 2.56. The number of aromatic nitrogens is 1. The van der Waals surface area contributed by atoms with Gasteiger partial charge in [-0.3, -0.25) is 0 Å². The predicted molar refractivity (Wildman–Crippen MR) is 229 cm³/mol. The summed E-state index contributed by atoms with van der Waals surface area (Å²) < 4.78 is 12.6. The number of phenolic OH excluding ortho intramolecular Hbond substituents is 2. The molecule has 10 heteroatoms. The molecule has 5 aliphatic rings. The fraction of sp³-hybridized carbons (Fsp3) is 0.520. The van der Waals surface area contributed by atoms with E-state index in [9.17, 15) is 30.6 Å². The highest BCUT2D eigenvalue weighted by Gasteiger charge is 2.47. The fourth-order valence-corrected chi connectivity index (χ4v) is 12.2. The van der Waals surface area contributed by atoms with Gasteiger partial charge in [-0.1, -0.05) is 54.1 Å². The Bertz CT molecular complexity index is 2140. The minimum absolute atomic E-state index is 0.00859. The third kappa shape index (κ3) is 7.86. The molecule has 11 unspecified atom stereocenters. The normalized spacial score (nSPS) is 30.7. The van der Waals surface area contributed by atoms with E-state index in [1.807, 2.05) is 36.7 Å². The maximum absolute atomic E-state index is 12.1. The summed E-state index contributed by atoms with van der Waals surface area (Å²) in [7, 11) is 1.44. The molecule has 2 saturated carbocycles. The van der Waals surface area contributed by atoms with E-state index in [1.165, 1.54) is 18.2 Å². The van der Waals surface area contributed by atoms with Crippen LogP contribution in [0.3, 0.4) is 0 Å². The van der Waals surface area contributed by atoms with Crippen LogP contribution in [0.5, 0.6) is 23.0 Å². The lowest BCUT2D eigenvalue weighted by Gasteiger charge is -2.49. The molecule has 4 fully saturated rings. The van der Waals surface area contributed by atoms with Gasteiger partial charge in [-0.05, 0) is 140 Å². The number of aromatic hydroxyl groups is 3. The Labute approximate surface area is 353 Å². The monoisotopic (exact) mass is 818 g/mol. The summed E-state index contributed by atoms with van der Waals surface area (Å²) in [6.45, 7) is 0.529. The number of piperidine rings is 1. The van der Waals surface area contributed by atoms with Crippen LogP contribution in [0.2, 0.25) is 0 Å². The molecule has 3 aromatic carbocycles. The molecule has 1 aromatic heterocycles. The summed E-state index contributed by atoms with van der Waals surface area (Å²) in [5.41, 5.74) is 7.01. The molecule has 2 aliphatic heterocycles. The SMILES string of the molecule is COc1c(O)c(O)c(CO)c(C2CC(O)C3CCC(c4ccc(O)c(C5C6C=C7CCCNC7CC6CCC5C(O)CCc5ccccc5)c4)CC3O2)c1Cc1cc[nH]c1. The number of ether oxygens (including phenoxy) is 2. The van der Waals surface area contributed by atoms with Crippen LogP contribution in [-0.2, 0) is 24.2 Å². The first kappa shape index (κ1) is 41.1. The van der Waals surface area contributed by atoms with Crippen molar-refractivity contribution >= 4 is 0 Å². The Hall–Kier alpha value is -4.32. The Balaban J connectivity index is 1.02. The molecule has 60 heavy (non-hydrogen) atoms. The molecule has 4 aromatic rings. The van der Waals surface area contributed by atoms with Crippen LogP contribution in [0.1, 0.15) is 121 Å². The summed E-state index contributed by atoms with van der Waals surface area (Å²) in [5.74, 6) is 0.252. The van der Waals surface area contributed by atoms with Crippen LogP contribution in [0, 0.1) is 23.7 Å².